The minimum atomic E-state index is -0.146. The van der Waals surface area contributed by atoms with Crippen molar-refractivity contribution in [2.24, 2.45) is 7.05 Å². The highest BCUT2D eigenvalue weighted by Crippen LogP contribution is 2.64. The average Bonchev–Trinajstić information content (AvgIpc) is 3.75. The zero-order valence-electron chi connectivity index (χ0n) is 29.2. The molecular formula is C39H46N6O2. The van der Waals surface area contributed by atoms with E-state index in [1.807, 2.05) is 24.1 Å². The summed E-state index contributed by atoms with van der Waals surface area (Å²) >= 11 is 0. The van der Waals surface area contributed by atoms with Gasteiger partial charge < -0.3 is 9.47 Å². The molecule has 1 atom stereocenters. The molecule has 0 N–H and O–H groups in total. The third-order valence-corrected chi connectivity index (χ3v) is 10.5. The van der Waals surface area contributed by atoms with Crippen LogP contribution in [0.3, 0.4) is 0 Å². The molecule has 2 aliphatic rings. The van der Waals surface area contributed by atoms with E-state index >= 15 is 0 Å². The molecule has 8 nitrogen and oxygen atoms in total. The van der Waals surface area contributed by atoms with E-state index in [2.05, 4.69) is 118 Å². The standard InChI is InChI=1S/C39H46N6O2/c1-10-27-11-12-34(24(2)13-27)45-19-29(41-43-45)21-47-36-17-33-31(15-26(36)4)38(7,8)23-39(33)22-37(5,6)30-14-25(3)35(16-32(30)39)46-20-28-18-44(9)42-40-28/h11-19H,10,20-23H2,1-9H3. The van der Waals surface area contributed by atoms with E-state index in [4.69, 9.17) is 9.47 Å². The first-order valence-corrected chi connectivity index (χ1v) is 16.7. The molecule has 0 bridgehead atoms. The lowest BCUT2D eigenvalue weighted by atomic mass is 9.72. The van der Waals surface area contributed by atoms with E-state index in [0.717, 1.165) is 59.0 Å². The molecule has 8 heteroatoms. The van der Waals surface area contributed by atoms with Gasteiger partial charge in [0.15, 0.2) is 0 Å². The number of aryl methyl sites for hydroxylation is 5. The van der Waals surface area contributed by atoms with Crippen molar-refractivity contribution in [2.75, 3.05) is 0 Å². The number of nitrogens with zero attached hydrogens (tertiary/aromatic N) is 6. The minimum absolute atomic E-state index is 0.00965. The Hall–Kier alpha value is -4.46. The van der Waals surface area contributed by atoms with E-state index in [0.29, 0.717) is 13.2 Å². The largest absolute Gasteiger partial charge is 0.487 e. The van der Waals surface area contributed by atoms with Crippen LogP contribution >= 0.6 is 0 Å². The highest BCUT2D eigenvalue weighted by Gasteiger charge is 2.56. The third kappa shape index (κ3) is 5.31. The molecule has 2 aromatic heterocycles. The zero-order chi connectivity index (χ0) is 33.3. The van der Waals surface area contributed by atoms with Gasteiger partial charge in [-0.1, -0.05) is 69.3 Å². The molecule has 0 radical (unpaired) electrons. The van der Waals surface area contributed by atoms with Crippen LogP contribution in [-0.2, 0) is 42.9 Å². The third-order valence-electron chi connectivity index (χ3n) is 10.5. The van der Waals surface area contributed by atoms with Crippen molar-refractivity contribution in [3.8, 4) is 17.2 Å². The molecule has 0 saturated carbocycles. The molecule has 1 unspecified atom stereocenters. The monoisotopic (exact) mass is 630 g/mol. The van der Waals surface area contributed by atoms with Crippen LogP contribution in [0.4, 0.5) is 0 Å². The predicted octanol–water partition coefficient (Wildman–Crippen LogP) is 7.69. The van der Waals surface area contributed by atoms with Crippen molar-refractivity contribution in [3.63, 3.8) is 0 Å². The van der Waals surface area contributed by atoms with Gasteiger partial charge in [0.05, 0.1) is 18.1 Å². The van der Waals surface area contributed by atoms with Crippen molar-refractivity contribution in [2.45, 2.75) is 104 Å². The normalized spacial score (nSPS) is 18.8. The molecule has 1 spiro atoms. The summed E-state index contributed by atoms with van der Waals surface area (Å²) in [4.78, 5) is 0. The molecule has 2 aliphatic carbocycles. The average molecular weight is 631 g/mol. The predicted molar refractivity (Wildman–Crippen MR) is 184 cm³/mol. The molecule has 244 valence electrons. The fraction of sp³-hybridized carbons (Fsp3) is 0.436. The highest BCUT2D eigenvalue weighted by molar-refractivity contribution is 5.64. The van der Waals surface area contributed by atoms with Gasteiger partial charge in [0.2, 0.25) is 0 Å². The Labute approximate surface area is 278 Å². The second-order valence-electron chi connectivity index (χ2n) is 15.1. The van der Waals surface area contributed by atoms with E-state index in [1.54, 1.807) is 4.68 Å². The molecule has 0 saturated heterocycles. The lowest BCUT2D eigenvalue weighted by Gasteiger charge is -2.31. The van der Waals surface area contributed by atoms with Crippen molar-refractivity contribution in [1.82, 2.24) is 30.0 Å². The highest BCUT2D eigenvalue weighted by atomic mass is 16.5. The first kappa shape index (κ1) is 31.2. The lowest BCUT2D eigenvalue weighted by Crippen LogP contribution is -2.27. The van der Waals surface area contributed by atoms with Crippen LogP contribution in [-0.4, -0.2) is 30.0 Å². The summed E-state index contributed by atoms with van der Waals surface area (Å²) in [5.74, 6) is 1.81. The summed E-state index contributed by atoms with van der Waals surface area (Å²) in [5.41, 5.74) is 12.9. The van der Waals surface area contributed by atoms with E-state index < -0.39 is 0 Å². The maximum Gasteiger partial charge on any atom is 0.134 e. The summed E-state index contributed by atoms with van der Waals surface area (Å²) < 4.78 is 16.5. The van der Waals surface area contributed by atoms with Crippen LogP contribution in [0.15, 0.2) is 54.9 Å². The van der Waals surface area contributed by atoms with Crippen molar-refractivity contribution < 1.29 is 9.47 Å². The number of aromatic nitrogens is 6. The number of fused-ring (bicyclic) bond motifs is 4. The second-order valence-corrected chi connectivity index (χ2v) is 15.1. The Bertz CT molecular complexity index is 2000. The van der Waals surface area contributed by atoms with Gasteiger partial charge in [-0.25, -0.2) is 4.68 Å². The maximum atomic E-state index is 6.55. The topological polar surface area (TPSA) is 79.9 Å². The van der Waals surface area contributed by atoms with E-state index in [1.165, 1.54) is 33.4 Å². The number of rotatable bonds is 8. The Morgan fingerprint density at radius 1 is 0.681 bits per heavy atom. The van der Waals surface area contributed by atoms with Crippen LogP contribution < -0.4 is 9.47 Å². The van der Waals surface area contributed by atoms with Gasteiger partial charge in [-0.3, -0.25) is 4.68 Å². The van der Waals surface area contributed by atoms with E-state index in [9.17, 15) is 0 Å². The van der Waals surface area contributed by atoms with Crippen LogP contribution in [0.2, 0.25) is 0 Å². The number of hydrogen-bond acceptors (Lipinski definition) is 6. The van der Waals surface area contributed by atoms with Crippen LogP contribution in [0, 0.1) is 20.8 Å². The SMILES string of the molecule is CCc1ccc(-n2cc(COc3cc4c(cc3C)C(C)(C)CC43CC(C)(C)c4cc(C)c(OCc5cn(C)nn5)cc43)nn2)c(C)c1. The van der Waals surface area contributed by atoms with Gasteiger partial charge in [-0.15, -0.1) is 10.2 Å². The quantitative estimate of drug-likeness (QED) is 0.175. The Morgan fingerprint density at radius 2 is 1.23 bits per heavy atom. The fourth-order valence-corrected chi connectivity index (χ4v) is 8.33. The number of benzene rings is 3. The molecule has 0 fully saturated rings. The van der Waals surface area contributed by atoms with Crippen molar-refractivity contribution >= 4 is 0 Å². The van der Waals surface area contributed by atoms with Gasteiger partial charge in [-0.2, -0.15) is 0 Å². The van der Waals surface area contributed by atoms with Crippen LogP contribution in [0.5, 0.6) is 11.5 Å². The smallest absolute Gasteiger partial charge is 0.134 e. The van der Waals surface area contributed by atoms with Gasteiger partial charge in [0.25, 0.3) is 0 Å². The Kier molecular flexibility index (Phi) is 7.34. The second kappa shape index (κ2) is 11.1. The van der Waals surface area contributed by atoms with Gasteiger partial charge in [-0.05, 0) is 114 Å². The Balaban J connectivity index is 1.22. The molecule has 47 heavy (non-hydrogen) atoms. The number of ether oxygens (including phenoxy) is 2. The summed E-state index contributed by atoms with van der Waals surface area (Å²) in [6, 6.07) is 15.8. The molecule has 0 amide bonds. The van der Waals surface area contributed by atoms with Gasteiger partial charge in [0, 0.05) is 12.5 Å². The molecule has 7 rings (SSSR count). The fourth-order valence-electron chi connectivity index (χ4n) is 8.33. The molecule has 3 aromatic carbocycles. The summed E-state index contributed by atoms with van der Waals surface area (Å²) in [7, 11) is 1.87. The van der Waals surface area contributed by atoms with Crippen LogP contribution in [0.1, 0.15) is 103 Å². The van der Waals surface area contributed by atoms with Gasteiger partial charge in [0.1, 0.15) is 36.1 Å². The maximum absolute atomic E-state index is 6.55. The Morgan fingerprint density at radius 3 is 1.74 bits per heavy atom. The minimum Gasteiger partial charge on any atom is -0.487 e. The van der Waals surface area contributed by atoms with Gasteiger partial charge >= 0.3 is 0 Å². The van der Waals surface area contributed by atoms with E-state index in [-0.39, 0.29) is 16.2 Å². The first-order valence-electron chi connectivity index (χ1n) is 16.7. The van der Waals surface area contributed by atoms with Crippen LogP contribution in [0.25, 0.3) is 5.69 Å². The number of hydrogen-bond donors (Lipinski definition) is 0. The molecule has 5 aromatic rings. The summed E-state index contributed by atoms with van der Waals surface area (Å²) in [6.07, 6.45) is 6.95. The molecular weight excluding hydrogens is 584 g/mol. The molecule has 0 aliphatic heterocycles. The zero-order valence-corrected chi connectivity index (χ0v) is 29.2. The summed E-state index contributed by atoms with van der Waals surface area (Å²) in [5, 5.41) is 17.2. The first-order chi connectivity index (χ1) is 22.3. The summed E-state index contributed by atoms with van der Waals surface area (Å²) in [6.45, 7) is 18.9. The van der Waals surface area contributed by atoms with Crippen molar-refractivity contribution in [3.05, 3.63) is 111 Å². The van der Waals surface area contributed by atoms with Crippen molar-refractivity contribution in [1.29, 1.82) is 0 Å². The molecule has 2 heterocycles. The lowest BCUT2D eigenvalue weighted by molar-refractivity contribution is 0.296.